The number of urea groups is 1. The third kappa shape index (κ3) is 4.62. The summed E-state index contributed by atoms with van der Waals surface area (Å²) in [6, 6.07) is 6.60. The number of ether oxygens (including phenoxy) is 1. The Hall–Kier alpha value is -1.93. The van der Waals surface area contributed by atoms with Crippen LogP contribution < -0.4 is 10.6 Å². The molecule has 1 aliphatic rings. The van der Waals surface area contributed by atoms with Crippen molar-refractivity contribution in [2.75, 3.05) is 19.7 Å². The number of nitrogens with one attached hydrogen (secondary N) is 2. The molecule has 4 amide bonds. The second-order valence-corrected chi connectivity index (χ2v) is 7.40. The van der Waals surface area contributed by atoms with Crippen LogP contribution in [0.4, 0.5) is 4.79 Å². The Kier molecular flexibility index (Phi) is 6.77. The van der Waals surface area contributed by atoms with Gasteiger partial charge in [-0.05, 0) is 33.3 Å². The predicted octanol–water partition coefficient (Wildman–Crippen LogP) is 2.15. The Morgan fingerprint density at radius 3 is 2.69 bits per heavy atom. The first-order valence-corrected chi connectivity index (χ1v) is 9.32. The van der Waals surface area contributed by atoms with E-state index < -0.39 is 17.5 Å². The van der Waals surface area contributed by atoms with Gasteiger partial charge in [-0.3, -0.25) is 14.5 Å². The van der Waals surface area contributed by atoms with Gasteiger partial charge >= 0.3 is 6.03 Å². The van der Waals surface area contributed by atoms with Crippen LogP contribution in [0.25, 0.3) is 0 Å². The van der Waals surface area contributed by atoms with Gasteiger partial charge in [0.15, 0.2) is 0 Å². The van der Waals surface area contributed by atoms with E-state index in [0.29, 0.717) is 29.6 Å². The van der Waals surface area contributed by atoms with E-state index in [9.17, 15) is 14.4 Å². The first-order valence-electron chi connectivity index (χ1n) is 8.53. The Labute approximate surface area is 161 Å². The van der Waals surface area contributed by atoms with Crippen molar-refractivity contribution in [3.63, 3.8) is 0 Å². The highest BCUT2D eigenvalue weighted by atomic mass is 79.9. The summed E-state index contributed by atoms with van der Waals surface area (Å²) in [4.78, 5) is 38.1. The lowest BCUT2D eigenvalue weighted by atomic mass is 9.92. The maximum absolute atomic E-state index is 12.8. The van der Waals surface area contributed by atoms with Crippen molar-refractivity contribution in [3.8, 4) is 0 Å². The van der Waals surface area contributed by atoms with Crippen molar-refractivity contribution >= 4 is 33.8 Å². The maximum atomic E-state index is 12.8. The number of carbonyl (C=O) groups excluding carboxylic acids is 3. The molecule has 1 atom stereocenters. The molecule has 2 N–H and O–H groups in total. The SMILES string of the molecule is CC(C)OCCCNC(=O)CN1C(=O)NC(C)(c2ccccc2Br)C1=O. The molecule has 1 heterocycles. The third-order valence-electron chi connectivity index (χ3n) is 4.08. The van der Waals surface area contributed by atoms with Crippen molar-refractivity contribution in [1.29, 1.82) is 0 Å². The van der Waals surface area contributed by atoms with Crippen LogP contribution in [0, 0.1) is 0 Å². The quantitative estimate of drug-likeness (QED) is 0.493. The van der Waals surface area contributed by atoms with Crippen LogP contribution in [0.3, 0.4) is 0 Å². The Morgan fingerprint density at radius 2 is 2.04 bits per heavy atom. The largest absolute Gasteiger partial charge is 0.379 e. The second kappa shape index (κ2) is 8.64. The molecule has 1 aromatic carbocycles. The number of imide groups is 1. The van der Waals surface area contributed by atoms with Gasteiger partial charge in [-0.25, -0.2) is 4.79 Å². The molecule has 0 radical (unpaired) electrons. The molecule has 1 fully saturated rings. The topological polar surface area (TPSA) is 87.7 Å². The van der Waals surface area contributed by atoms with Crippen molar-refractivity contribution in [2.45, 2.75) is 38.8 Å². The molecule has 26 heavy (non-hydrogen) atoms. The van der Waals surface area contributed by atoms with Crippen molar-refractivity contribution in [1.82, 2.24) is 15.5 Å². The van der Waals surface area contributed by atoms with Gasteiger partial charge in [0, 0.05) is 23.2 Å². The molecule has 142 valence electrons. The Balaban J connectivity index is 1.95. The smallest absolute Gasteiger partial charge is 0.325 e. The molecule has 7 nitrogen and oxygen atoms in total. The first kappa shape index (κ1) is 20.4. The zero-order valence-electron chi connectivity index (χ0n) is 15.2. The highest BCUT2D eigenvalue weighted by Gasteiger charge is 2.50. The fourth-order valence-electron chi connectivity index (χ4n) is 2.71. The second-order valence-electron chi connectivity index (χ2n) is 6.55. The number of amides is 4. The van der Waals surface area contributed by atoms with Gasteiger partial charge in [-0.1, -0.05) is 34.1 Å². The van der Waals surface area contributed by atoms with Crippen LogP contribution in [-0.2, 0) is 19.9 Å². The summed E-state index contributed by atoms with van der Waals surface area (Å²) in [6.07, 6.45) is 0.810. The number of hydrogen-bond acceptors (Lipinski definition) is 4. The van der Waals surface area contributed by atoms with Crippen molar-refractivity contribution in [3.05, 3.63) is 34.3 Å². The molecule has 1 aliphatic heterocycles. The van der Waals surface area contributed by atoms with Crippen molar-refractivity contribution in [2.24, 2.45) is 0 Å². The summed E-state index contributed by atoms with van der Waals surface area (Å²) in [6.45, 7) is 6.18. The minimum Gasteiger partial charge on any atom is -0.379 e. The summed E-state index contributed by atoms with van der Waals surface area (Å²) in [7, 11) is 0. The summed E-state index contributed by atoms with van der Waals surface area (Å²) in [5, 5.41) is 5.39. The van der Waals surface area contributed by atoms with E-state index in [2.05, 4.69) is 26.6 Å². The van der Waals surface area contributed by atoms with Gasteiger partial charge in [0.25, 0.3) is 5.91 Å². The van der Waals surface area contributed by atoms with E-state index in [1.807, 2.05) is 19.9 Å². The lowest BCUT2D eigenvalue weighted by Gasteiger charge is -2.23. The molecule has 0 bridgehead atoms. The lowest BCUT2D eigenvalue weighted by molar-refractivity contribution is -0.134. The summed E-state index contributed by atoms with van der Waals surface area (Å²) in [5.74, 6) is -0.831. The van der Waals surface area contributed by atoms with Gasteiger partial charge < -0.3 is 15.4 Å². The molecular weight excluding hydrogens is 402 g/mol. The number of carbonyl (C=O) groups is 3. The maximum Gasteiger partial charge on any atom is 0.325 e. The number of nitrogens with zero attached hydrogens (tertiary/aromatic N) is 1. The molecule has 1 unspecified atom stereocenters. The van der Waals surface area contributed by atoms with E-state index in [1.165, 1.54) is 0 Å². The average Bonchev–Trinajstić information content (AvgIpc) is 2.78. The first-order chi connectivity index (χ1) is 12.3. The molecule has 8 heteroatoms. The minimum atomic E-state index is -1.21. The van der Waals surface area contributed by atoms with E-state index in [1.54, 1.807) is 25.1 Å². The van der Waals surface area contributed by atoms with Gasteiger partial charge in [0.1, 0.15) is 12.1 Å². The normalized spacial score (nSPS) is 19.8. The molecule has 1 aromatic rings. The molecular formula is C18H24BrN3O4. The van der Waals surface area contributed by atoms with E-state index in [-0.39, 0.29) is 18.6 Å². The average molecular weight is 426 g/mol. The fraction of sp³-hybridized carbons (Fsp3) is 0.500. The molecule has 0 spiro atoms. The highest BCUT2D eigenvalue weighted by molar-refractivity contribution is 9.10. The summed E-state index contributed by atoms with van der Waals surface area (Å²) >= 11 is 3.41. The zero-order chi connectivity index (χ0) is 19.3. The monoisotopic (exact) mass is 425 g/mol. The van der Waals surface area contributed by atoms with Crippen LogP contribution in [-0.4, -0.2) is 48.5 Å². The third-order valence-corrected chi connectivity index (χ3v) is 4.78. The highest BCUT2D eigenvalue weighted by Crippen LogP contribution is 2.33. The number of hydrogen-bond donors (Lipinski definition) is 2. The number of benzene rings is 1. The van der Waals surface area contributed by atoms with Crippen LogP contribution in [0.2, 0.25) is 0 Å². The van der Waals surface area contributed by atoms with Gasteiger partial charge in [0.05, 0.1) is 6.10 Å². The Bertz CT molecular complexity index is 695. The molecule has 0 aliphatic carbocycles. The van der Waals surface area contributed by atoms with E-state index in [0.717, 1.165) is 4.90 Å². The van der Waals surface area contributed by atoms with Gasteiger partial charge in [-0.15, -0.1) is 0 Å². The standard InChI is InChI=1S/C18H24BrN3O4/c1-12(2)26-10-6-9-20-15(23)11-22-16(24)18(3,21-17(22)25)13-7-4-5-8-14(13)19/h4-5,7-8,12H,6,9-11H2,1-3H3,(H,20,23)(H,21,25). The van der Waals surface area contributed by atoms with Crippen LogP contribution >= 0.6 is 15.9 Å². The van der Waals surface area contributed by atoms with Gasteiger partial charge in [0.2, 0.25) is 5.91 Å². The molecule has 1 saturated heterocycles. The summed E-state index contributed by atoms with van der Waals surface area (Å²) < 4.78 is 6.11. The zero-order valence-corrected chi connectivity index (χ0v) is 16.8. The van der Waals surface area contributed by atoms with Crippen LogP contribution in [0.5, 0.6) is 0 Å². The molecule has 0 saturated carbocycles. The fourth-order valence-corrected chi connectivity index (χ4v) is 3.39. The van der Waals surface area contributed by atoms with E-state index in [4.69, 9.17) is 4.74 Å². The molecule has 0 aromatic heterocycles. The number of rotatable bonds is 8. The Morgan fingerprint density at radius 1 is 1.35 bits per heavy atom. The van der Waals surface area contributed by atoms with Gasteiger partial charge in [-0.2, -0.15) is 0 Å². The van der Waals surface area contributed by atoms with Crippen LogP contribution in [0.15, 0.2) is 28.7 Å². The van der Waals surface area contributed by atoms with E-state index >= 15 is 0 Å². The minimum absolute atomic E-state index is 0.145. The predicted molar refractivity (Wildman–Crippen MR) is 100 cm³/mol. The lowest BCUT2D eigenvalue weighted by Crippen LogP contribution is -2.43. The van der Waals surface area contributed by atoms with Crippen LogP contribution in [0.1, 0.15) is 32.8 Å². The van der Waals surface area contributed by atoms with Crippen molar-refractivity contribution < 1.29 is 19.1 Å². The number of halogens is 1. The summed E-state index contributed by atoms with van der Waals surface area (Å²) in [5.41, 5.74) is -0.560. The molecule has 2 rings (SSSR count).